The lowest BCUT2D eigenvalue weighted by atomic mass is 9.96. The van der Waals surface area contributed by atoms with Crippen LogP contribution in [0.3, 0.4) is 0 Å². The van der Waals surface area contributed by atoms with Gasteiger partial charge < -0.3 is 5.32 Å². The Morgan fingerprint density at radius 3 is 2.90 bits per heavy atom. The number of aromatic nitrogens is 2. The van der Waals surface area contributed by atoms with Crippen molar-refractivity contribution < 1.29 is 0 Å². The third-order valence-corrected chi connectivity index (χ3v) is 4.08. The lowest BCUT2D eigenvalue weighted by Gasteiger charge is -2.21. The van der Waals surface area contributed by atoms with Crippen LogP contribution in [0.5, 0.6) is 0 Å². The molecule has 0 bridgehead atoms. The molecule has 4 heteroatoms. The minimum atomic E-state index is 0.578. The second-order valence-electron chi connectivity index (χ2n) is 5.63. The molecule has 4 nitrogen and oxygen atoms in total. The van der Waals surface area contributed by atoms with E-state index in [2.05, 4.69) is 33.4 Å². The van der Waals surface area contributed by atoms with Gasteiger partial charge in [0, 0.05) is 11.9 Å². The van der Waals surface area contributed by atoms with Crippen molar-refractivity contribution in [2.24, 2.45) is 0 Å². The van der Waals surface area contributed by atoms with Crippen molar-refractivity contribution in [3.63, 3.8) is 0 Å². The minimum absolute atomic E-state index is 0.578. The molecule has 0 unspecified atom stereocenters. The van der Waals surface area contributed by atoms with Gasteiger partial charge in [0.2, 0.25) is 0 Å². The normalized spacial score (nSPS) is 15.6. The molecule has 108 valence electrons. The average Bonchev–Trinajstić information content (AvgIpc) is 3.03. The number of hydrogen-bond donors (Lipinski definition) is 1. The van der Waals surface area contributed by atoms with E-state index >= 15 is 0 Å². The molecule has 3 rings (SSSR count). The van der Waals surface area contributed by atoms with Crippen LogP contribution in [0.2, 0.25) is 0 Å². The number of hydrogen-bond acceptors (Lipinski definition) is 3. The Kier molecular flexibility index (Phi) is 4.20. The van der Waals surface area contributed by atoms with Crippen molar-refractivity contribution in [2.45, 2.75) is 44.7 Å². The molecule has 0 atom stereocenters. The largest absolute Gasteiger partial charge is 0.379 e. The van der Waals surface area contributed by atoms with Crippen molar-refractivity contribution >= 4 is 5.69 Å². The third kappa shape index (κ3) is 3.43. The van der Waals surface area contributed by atoms with Gasteiger partial charge in [-0.05, 0) is 37.1 Å². The molecule has 0 aliphatic heterocycles. The molecular weight excluding hydrogens is 260 g/mol. The maximum Gasteiger partial charge on any atom is 0.0992 e. The fraction of sp³-hybridized carbons (Fsp3) is 0.412. The quantitative estimate of drug-likeness (QED) is 0.925. The highest BCUT2D eigenvalue weighted by atomic mass is 15.3. The first-order chi connectivity index (χ1) is 10.3. The summed E-state index contributed by atoms with van der Waals surface area (Å²) in [7, 11) is 0. The van der Waals surface area contributed by atoms with Crippen LogP contribution in [-0.2, 0) is 6.54 Å². The van der Waals surface area contributed by atoms with E-state index in [1.165, 1.54) is 32.1 Å². The maximum atomic E-state index is 8.90. The standard InChI is InChI=1S/C17H20N4/c18-12-14-5-4-6-15(11-14)19-13-16-9-10-21(20-16)17-7-2-1-3-8-17/h4-6,9-11,17,19H,1-3,7-8,13H2. The predicted octanol–water partition coefficient (Wildman–Crippen LogP) is 3.87. The predicted molar refractivity (Wildman–Crippen MR) is 82.8 cm³/mol. The first kappa shape index (κ1) is 13.7. The van der Waals surface area contributed by atoms with Crippen molar-refractivity contribution in [2.75, 3.05) is 5.32 Å². The monoisotopic (exact) mass is 280 g/mol. The maximum absolute atomic E-state index is 8.90. The van der Waals surface area contributed by atoms with Gasteiger partial charge in [-0.3, -0.25) is 4.68 Å². The van der Waals surface area contributed by atoms with E-state index in [-0.39, 0.29) is 0 Å². The summed E-state index contributed by atoms with van der Waals surface area (Å²) in [6, 6.07) is 12.3. The molecule has 1 aliphatic rings. The fourth-order valence-corrected chi connectivity index (χ4v) is 2.91. The minimum Gasteiger partial charge on any atom is -0.379 e. The van der Waals surface area contributed by atoms with Gasteiger partial charge in [-0.1, -0.05) is 25.3 Å². The van der Waals surface area contributed by atoms with E-state index in [4.69, 9.17) is 5.26 Å². The number of nitrogens with zero attached hydrogens (tertiary/aromatic N) is 3. The van der Waals surface area contributed by atoms with Crippen LogP contribution in [0.25, 0.3) is 0 Å². The highest BCUT2D eigenvalue weighted by Gasteiger charge is 2.15. The summed E-state index contributed by atoms with van der Waals surface area (Å²) in [5.74, 6) is 0. The zero-order chi connectivity index (χ0) is 14.5. The summed E-state index contributed by atoms with van der Waals surface area (Å²) in [6.45, 7) is 0.689. The highest BCUT2D eigenvalue weighted by Crippen LogP contribution is 2.27. The van der Waals surface area contributed by atoms with Crippen molar-refractivity contribution in [1.29, 1.82) is 5.26 Å². The van der Waals surface area contributed by atoms with E-state index in [9.17, 15) is 0 Å². The molecule has 0 saturated heterocycles. The molecule has 1 heterocycles. The molecule has 2 aromatic rings. The molecule has 1 N–H and O–H groups in total. The van der Waals surface area contributed by atoms with Gasteiger partial charge >= 0.3 is 0 Å². The summed E-state index contributed by atoms with van der Waals surface area (Å²) >= 11 is 0. The number of benzene rings is 1. The number of rotatable bonds is 4. The number of nitriles is 1. The number of anilines is 1. The summed E-state index contributed by atoms with van der Waals surface area (Å²) in [5.41, 5.74) is 2.68. The summed E-state index contributed by atoms with van der Waals surface area (Å²) in [4.78, 5) is 0. The van der Waals surface area contributed by atoms with Gasteiger partial charge in [-0.15, -0.1) is 0 Å². The SMILES string of the molecule is N#Cc1cccc(NCc2ccn(C3CCCCC3)n2)c1. The lowest BCUT2D eigenvalue weighted by Crippen LogP contribution is -2.13. The van der Waals surface area contributed by atoms with E-state index in [1.807, 2.05) is 24.3 Å². The zero-order valence-corrected chi connectivity index (χ0v) is 12.1. The van der Waals surface area contributed by atoms with E-state index < -0.39 is 0 Å². The average molecular weight is 280 g/mol. The van der Waals surface area contributed by atoms with E-state index in [0.717, 1.165) is 11.4 Å². The zero-order valence-electron chi connectivity index (χ0n) is 12.1. The Hall–Kier alpha value is -2.28. The molecule has 1 aromatic carbocycles. The summed E-state index contributed by atoms with van der Waals surface area (Å²) in [5, 5.41) is 16.9. The Bertz CT molecular complexity index is 632. The van der Waals surface area contributed by atoms with Crippen LogP contribution in [0.1, 0.15) is 49.4 Å². The van der Waals surface area contributed by atoms with Gasteiger partial charge in [0.15, 0.2) is 0 Å². The van der Waals surface area contributed by atoms with E-state index in [1.54, 1.807) is 0 Å². The van der Waals surface area contributed by atoms with Crippen LogP contribution in [0.4, 0.5) is 5.69 Å². The lowest BCUT2D eigenvalue weighted by molar-refractivity contribution is 0.328. The summed E-state index contributed by atoms with van der Waals surface area (Å²) < 4.78 is 2.13. The molecule has 1 fully saturated rings. The molecule has 0 spiro atoms. The Morgan fingerprint density at radius 2 is 2.10 bits per heavy atom. The van der Waals surface area contributed by atoms with Crippen LogP contribution < -0.4 is 5.32 Å². The molecule has 1 aliphatic carbocycles. The number of nitrogens with one attached hydrogen (secondary N) is 1. The molecule has 1 saturated carbocycles. The van der Waals surface area contributed by atoms with Crippen LogP contribution in [0, 0.1) is 11.3 Å². The van der Waals surface area contributed by atoms with Gasteiger partial charge in [0.1, 0.15) is 0 Å². The first-order valence-electron chi connectivity index (χ1n) is 7.63. The van der Waals surface area contributed by atoms with Gasteiger partial charge in [0.25, 0.3) is 0 Å². The second kappa shape index (κ2) is 6.45. The van der Waals surface area contributed by atoms with Gasteiger partial charge in [-0.25, -0.2) is 0 Å². The molecular formula is C17H20N4. The Morgan fingerprint density at radius 1 is 1.24 bits per heavy atom. The fourth-order valence-electron chi connectivity index (χ4n) is 2.91. The van der Waals surface area contributed by atoms with Crippen molar-refractivity contribution in [1.82, 2.24) is 9.78 Å². The van der Waals surface area contributed by atoms with Gasteiger partial charge in [0.05, 0.1) is 29.9 Å². The Labute approximate surface area is 125 Å². The molecule has 21 heavy (non-hydrogen) atoms. The second-order valence-corrected chi connectivity index (χ2v) is 5.63. The van der Waals surface area contributed by atoms with Crippen LogP contribution in [0.15, 0.2) is 36.5 Å². The topological polar surface area (TPSA) is 53.6 Å². The van der Waals surface area contributed by atoms with E-state index in [0.29, 0.717) is 18.2 Å². The third-order valence-electron chi connectivity index (χ3n) is 4.08. The molecule has 0 amide bonds. The molecule has 0 radical (unpaired) electrons. The smallest absolute Gasteiger partial charge is 0.0992 e. The van der Waals surface area contributed by atoms with Gasteiger partial charge in [-0.2, -0.15) is 10.4 Å². The first-order valence-corrected chi connectivity index (χ1v) is 7.63. The Balaban J connectivity index is 1.60. The van der Waals surface area contributed by atoms with Crippen LogP contribution >= 0.6 is 0 Å². The van der Waals surface area contributed by atoms with Crippen molar-refractivity contribution in [3.05, 3.63) is 47.8 Å². The summed E-state index contributed by atoms with van der Waals surface area (Å²) in [6.07, 6.45) is 8.59. The van der Waals surface area contributed by atoms with Crippen LogP contribution in [-0.4, -0.2) is 9.78 Å². The highest BCUT2D eigenvalue weighted by molar-refractivity contribution is 5.49. The molecule has 1 aromatic heterocycles. The van der Waals surface area contributed by atoms with Crippen molar-refractivity contribution in [3.8, 4) is 6.07 Å².